The van der Waals surface area contributed by atoms with Gasteiger partial charge in [0.1, 0.15) is 5.82 Å². The van der Waals surface area contributed by atoms with Crippen LogP contribution in [0, 0.1) is 0 Å². The van der Waals surface area contributed by atoms with Gasteiger partial charge in [0.15, 0.2) is 0 Å². The Kier molecular flexibility index (Phi) is 3.39. The van der Waals surface area contributed by atoms with Crippen molar-refractivity contribution in [2.24, 2.45) is 5.73 Å². The fraction of sp³-hybridized carbons (Fsp3) is 0.0714. The van der Waals surface area contributed by atoms with E-state index in [1.54, 1.807) is 6.20 Å². The molecule has 20 heavy (non-hydrogen) atoms. The van der Waals surface area contributed by atoms with Gasteiger partial charge in [-0.15, -0.1) is 0 Å². The number of fused-ring (bicyclic) bond motifs is 1. The van der Waals surface area contributed by atoms with E-state index in [-0.39, 0.29) is 11.7 Å². The molecule has 0 aliphatic rings. The summed E-state index contributed by atoms with van der Waals surface area (Å²) in [5, 5.41) is 0.767. The minimum Gasteiger partial charge on any atom is -0.369 e. The average molecular weight is 284 g/mol. The fourth-order valence-electron chi connectivity index (χ4n) is 1.84. The van der Waals surface area contributed by atoms with Gasteiger partial charge in [0.05, 0.1) is 21.8 Å². The Balaban J connectivity index is 1.85. The van der Waals surface area contributed by atoms with E-state index in [0.717, 1.165) is 27.4 Å². The SMILES string of the molecule is NC(=O)CSc1ccc(-c2nc3ccccc3[nH]2)cn1. The maximum atomic E-state index is 10.7. The first-order valence-corrected chi connectivity index (χ1v) is 7.03. The van der Waals surface area contributed by atoms with Crippen molar-refractivity contribution in [2.75, 3.05) is 5.75 Å². The number of carbonyl (C=O) groups excluding carboxylic acids is 1. The minimum absolute atomic E-state index is 0.233. The lowest BCUT2D eigenvalue weighted by Crippen LogP contribution is -2.13. The summed E-state index contributed by atoms with van der Waals surface area (Å²) in [7, 11) is 0. The smallest absolute Gasteiger partial charge is 0.227 e. The molecule has 3 aromatic rings. The molecule has 0 saturated carbocycles. The van der Waals surface area contributed by atoms with E-state index >= 15 is 0 Å². The summed E-state index contributed by atoms with van der Waals surface area (Å²) in [5.74, 6) is 0.667. The Bertz CT molecular complexity index is 718. The molecule has 0 spiro atoms. The third-order valence-electron chi connectivity index (χ3n) is 2.76. The van der Waals surface area contributed by atoms with Crippen LogP contribution in [0.2, 0.25) is 0 Å². The predicted molar refractivity (Wildman–Crippen MR) is 79.2 cm³/mol. The molecule has 5 nitrogen and oxygen atoms in total. The van der Waals surface area contributed by atoms with E-state index in [9.17, 15) is 4.79 Å². The summed E-state index contributed by atoms with van der Waals surface area (Å²) < 4.78 is 0. The molecular weight excluding hydrogens is 272 g/mol. The largest absolute Gasteiger partial charge is 0.369 e. The van der Waals surface area contributed by atoms with Gasteiger partial charge in [-0.25, -0.2) is 9.97 Å². The maximum absolute atomic E-state index is 10.7. The van der Waals surface area contributed by atoms with Gasteiger partial charge in [0.2, 0.25) is 5.91 Å². The Morgan fingerprint density at radius 3 is 2.80 bits per heavy atom. The Morgan fingerprint density at radius 1 is 1.25 bits per heavy atom. The molecule has 1 amide bonds. The molecule has 2 aromatic heterocycles. The number of nitrogens with one attached hydrogen (secondary N) is 1. The van der Waals surface area contributed by atoms with Crippen LogP contribution in [0.1, 0.15) is 0 Å². The van der Waals surface area contributed by atoms with Crippen molar-refractivity contribution in [3.8, 4) is 11.4 Å². The van der Waals surface area contributed by atoms with E-state index in [1.165, 1.54) is 11.8 Å². The van der Waals surface area contributed by atoms with Gasteiger partial charge in [-0.2, -0.15) is 0 Å². The molecule has 3 N–H and O–H groups in total. The van der Waals surface area contributed by atoms with Crippen molar-refractivity contribution >= 4 is 28.7 Å². The number of pyridine rings is 1. The standard InChI is InChI=1S/C14H12N4OS/c15-12(19)8-20-13-6-5-9(7-16-13)14-17-10-3-1-2-4-11(10)18-14/h1-7H,8H2,(H2,15,19)(H,17,18). The summed E-state index contributed by atoms with van der Waals surface area (Å²) in [4.78, 5) is 22.8. The highest BCUT2D eigenvalue weighted by atomic mass is 32.2. The van der Waals surface area contributed by atoms with Gasteiger partial charge in [-0.1, -0.05) is 23.9 Å². The van der Waals surface area contributed by atoms with Crippen molar-refractivity contribution in [1.82, 2.24) is 15.0 Å². The van der Waals surface area contributed by atoms with E-state index in [0.29, 0.717) is 0 Å². The Morgan fingerprint density at radius 2 is 2.10 bits per heavy atom. The molecule has 0 unspecified atom stereocenters. The molecule has 0 atom stereocenters. The normalized spacial score (nSPS) is 10.8. The fourth-order valence-corrected chi connectivity index (χ4v) is 2.42. The number of para-hydroxylation sites is 2. The van der Waals surface area contributed by atoms with Crippen LogP contribution in [0.5, 0.6) is 0 Å². The number of imidazole rings is 1. The number of amides is 1. The molecule has 0 bridgehead atoms. The first kappa shape index (κ1) is 12.7. The van der Waals surface area contributed by atoms with Crippen molar-refractivity contribution in [3.63, 3.8) is 0 Å². The number of thioether (sulfide) groups is 1. The zero-order valence-corrected chi connectivity index (χ0v) is 11.4. The third-order valence-corrected chi connectivity index (χ3v) is 3.73. The van der Waals surface area contributed by atoms with Crippen molar-refractivity contribution in [3.05, 3.63) is 42.6 Å². The first-order chi connectivity index (χ1) is 9.72. The summed E-state index contributed by atoms with van der Waals surface area (Å²) in [6.07, 6.45) is 1.74. The zero-order chi connectivity index (χ0) is 13.9. The van der Waals surface area contributed by atoms with E-state index < -0.39 is 0 Å². The molecular formula is C14H12N4OS. The topological polar surface area (TPSA) is 84.7 Å². The quantitative estimate of drug-likeness (QED) is 0.719. The maximum Gasteiger partial charge on any atom is 0.227 e. The van der Waals surface area contributed by atoms with Gasteiger partial charge in [-0.3, -0.25) is 4.79 Å². The van der Waals surface area contributed by atoms with E-state index in [4.69, 9.17) is 5.73 Å². The number of hydrogen-bond donors (Lipinski definition) is 2. The molecule has 0 saturated heterocycles. The number of hydrogen-bond acceptors (Lipinski definition) is 4. The van der Waals surface area contributed by atoms with Gasteiger partial charge in [0.25, 0.3) is 0 Å². The summed E-state index contributed by atoms with van der Waals surface area (Å²) >= 11 is 1.32. The summed E-state index contributed by atoms with van der Waals surface area (Å²) in [6.45, 7) is 0. The molecule has 3 rings (SSSR count). The highest BCUT2D eigenvalue weighted by Gasteiger charge is 2.06. The van der Waals surface area contributed by atoms with Crippen molar-refractivity contribution in [1.29, 1.82) is 0 Å². The number of primary amides is 1. The molecule has 2 heterocycles. The average Bonchev–Trinajstić information content (AvgIpc) is 2.89. The van der Waals surface area contributed by atoms with Crippen molar-refractivity contribution in [2.45, 2.75) is 5.03 Å². The summed E-state index contributed by atoms with van der Waals surface area (Å²) in [6, 6.07) is 11.6. The summed E-state index contributed by atoms with van der Waals surface area (Å²) in [5.41, 5.74) is 7.93. The lowest BCUT2D eigenvalue weighted by molar-refractivity contribution is -0.115. The highest BCUT2D eigenvalue weighted by Crippen LogP contribution is 2.22. The number of carbonyl (C=O) groups is 1. The second kappa shape index (κ2) is 5.34. The second-order valence-electron chi connectivity index (χ2n) is 4.24. The van der Waals surface area contributed by atoms with Crippen LogP contribution >= 0.6 is 11.8 Å². The number of aromatic nitrogens is 3. The number of aromatic amines is 1. The minimum atomic E-state index is -0.349. The van der Waals surface area contributed by atoms with E-state index in [1.807, 2.05) is 36.4 Å². The van der Waals surface area contributed by atoms with Crippen molar-refractivity contribution < 1.29 is 4.79 Å². The number of nitrogens with two attached hydrogens (primary N) is 1. The molecule has 0 radical (unpaired) electrons. The van der Waals surface area contributed by atoms with Crippen LogP contribution in [-0.4, -0.2) is 26.6 Å². The van der Waals surface area contributed by atoms with Gasteiger partial charge in [-0.05, 0) is 24.3 Å². The monoisotopic (exact) mass is 284 g/mol. The molecule has 0 aliphatic heterocycles. The van der Waals surface area contributed by atoms with Crippen LogP contribution in [0.3, 0.4) is 0 Å². The molecule has 100 valence electrons. The second-order valence-corrected chi connectivity index (χ2v) is 5.24. The molecule has 6 heteroatoms. The predicted octanol–water partition coefficient (Wildman–Crippen LogP) is 2.20. The molecule has 1 aromatic carbocycles. The van der Waals surface area contributed by atoms with Gasteiger partial charge >= 0.3 is 0 Å². The lowest BCUT2D eigenvalue weighted by Gasteiger charge is -1.99. The first-order valence-electron chi connectivity index (χ1n) is 6.04. The Hall–Kier alpha value is -2.34. The van der Waals surface area contributed by atoms with Crippen LogP contribution < -0.4 is 5.73 Å². The molecule has 0 fully saturated rings. The van der Waals surface area contributed by atoms with Gasteiger partial charge in [0, 0.05) is 11.8 Å². The lowest BCUT2D eigenvalue weighted by atomic mass is 10.3. The number of nitrogens with zero attached hydrogens (tertiary/aromatic N) is 2. The Labute approximate surface area is 119 Å². The zero-order valence-electron chi connectivity index (χ0n) is 10.5. The number of rotatable bonds is 4. The van der Waals surface area contributed by atoms with Crippen LogP contribution in [0.4, 0.5) is 0 Å². The third kappa shape index (κ3) is 2.65. The van der Waals surface area contributed by atoms with E-state index in [2.05, 4.69) is 15.0 Å². The number of benzene rings is 1. The van der Waals surface area contributed by atoms with Crippen LogP contribution in [0.25, 0.3) is 22.4 Å². The van der Waals surface area contributed by atoms with Crippen LogP contribution in [0.15, 0.2) is 47.6 Å². The number of H-pyrrole nitrogens is 1. The van der Waals surface area contributed by atoms with Gasteiger partial charge < -0.3 is 10.7 Å². The molecule has 0 aliphatic carbocycles. The van der Waals surface area contributed by atoms with Crippen LogP contribution in [-0.2, 0) is 4.79 Å². The highest BCUT2D eigenvalue weighted by molar-refractivity contribution is 7.99.